The van der Waals surface area contributed by atoms with Gasteiger partial charge < -0.3 is 19.9 Å². The van der Waals surface area contributed by atoms with E-state index in [0.29, 0.717) is 40.6 Å². The first-order valence-electron chi connectivity index (χ1n) is 12.6. The first kappa shape index (κ1) is 24.3. The van der Waals surface area contributed by atoms with Gasteiger partial charge in [0.1, 0.15) is 5.82 Å². The highest BCUT2D eigenvalue weighted by Crippen LogP contribution is 2.39. The zero-order chi connectivity index (χ0) is 25.7. The minimum Gasteiger partial charge on any atom is -0.378 e. The Hall–Kier alpha value is -3.07. The largest absolute Gasteiger partial charge is 0.378 e. The number of nitrogens with zero attached hydrogens (tertiary/aromatic N) is 4. The Balaban J connectivity index is 1.27. The summed E-state index contributed by atoms with van der Waals surface area (Å²) in [6.45, 7) is 7.03. The Labute approximate surface area is 224 Å². The summed E-state index contributed by atoms with van der Waals surface area (Å²) in [4.78, 5) is 28.2. The van der Waals surface area contributed by atoms with Crippen LogP contribution in [0.2, 0.25) is 10.0 Å². The Bertz CT molecular complexity index is 1490. The fraction of sp³-hybridized carbons (Fsp3) is 0.370. The van der Waals surface area contributed by atoms with Gasteiger partial charge in [-0.15, -0.1) is 0 Å². The SMILES string of the molecule is CC1CCc2c1nc(N1CCOCC1)n2-c1ccc(C(=O)N[C@@H](C)c2nc3cc(Cl)ccc3[nH]2)cc1Cl. The number of benzene rings is 2. The number of amides is 1. The van der Waals surface area contributed by atoms with Crippen LogP contribution in [0.15, 0.2) is 36.4 Å². The van der Waals surface area contributed by atoms with Crippen LogP contribution in [0.5, 0.6) is 0 Å². The summed E-state index contributed by atoms with van der Waals surface area (Å²) in [7, 11) is 0. The first-order valence-corrected chi connectivity index (χ1v) is 13.3. The van der Waals surface area contributed by atoms with E-state index in [4.69, 9.17) is 32.9 Å². The Morgan fingerprint density at radius 3 is 2.76 bits per heavy atom. The fourth-order valence-corrected chi connectivity index (χ4v) is 5.62. The molecule has 0 bridgehead atoms. The minimum atomic E-state index is -0.330. The molecule has 1 unspecified atom stereocenters. The van der Waals surface area contributed by atoms with Gasteiger partial charge in [-0.3, -0.25) is 9.36 Å². The average Bonchev–Trinajstić information content (AvgIpc) is 3.59. The molecule has 0 radical (unpaired) electrons. The molecule has 1 aliphatic heterocycles. The molecule has 1 aliphatic carbocycles. The van der Waals surface area contributed by atoms with Gasteiger partial charge in [0, 0.05) is 35.3 Å². The third-order valence-electron chi connectivity index (χ3n) is 7.23. The van der Waals surface area contributed by atoms with E-state index < -0.39 is 0 Å². The van der Waals surface area contributed by atoms with E-state index in [-0.39, 0.29) is 11.9 Å². The van der Waals surface area contributed by atoms with Crippen molar-refractivity contribution in [3.05, 3.63) is 69.2 Å². The maximum atomic E-state index is 13.1. The van der Waals surface area contributed by atoms with E-state index in [2.05, 4.69) is 31.7 Å². The van der Waals surface area contributed by atoms with Gasteiger partial charge in [-0.25, -0.2) is 9.97 Å². The van der Waals surface area contributed by atoms with Crippen LogP contribution in [0.25, 0.3) is 16.7 Å². The monoisotopic (exact) mass is 538 g/mol. The standard InChI is InChI=1S/C27H28Cl2N6O2/c1-15-3-7-23-24(15)33-27(34-9-11-37-12-10-34)35(23)22-8-4-17(13-19(22)29)26(36)30-16(2)25-31-20-6-5-18(28)14-21(20)32-25/h4-6,8,13-16H,3,7,9-12H2,1-2H3,(H,30,36)(H,31,32)/t15?,16-/m0/s1. The van der Waals surface area contributed by atoms with Crippen molar-refractivity contribution in [3.8, 4) is 5.69 Å². The quantitative estimate of drug-likeness (QED) is 0.353. The van der Waals surface area contributed by atoms with Gasteiger partial charge in [-0.1, -0.05) is 30.1 Å². The third kappa shape index (κ3) is 4.47. The van der Waals surface area contributed by atoms with Crippen LogP contribution >= 0.6 is 23.2 Å². The summed E-state index contributed by atoms with van der Waals surface area (Å²) in [5.41, 5.74) is 5.29. The van der Waals surface area contributed by atoms with Crippen LogP contribution in [0, 0.1) is 0 Å². The van der Waals surface area contributed by atoms with Crippen molar-refractivity contribution in [2.75, 3.05) is 31.2 Å². The lowest BCUT2D eigenvalue weighted by atomic mass is 10.1. The predicted octanol–water partition coefficient (Wildman–Crippen LogP) is 5.43. The van der Waals surface area contributed by atoms with Gasteiger partial charge in [0.2, 0.25) is 5.95 Å². The molecule has 10 heteroatoms. The third-order valence-corrected chi connectivity index (χ3v) is 7.77. The Morgan fingerprint density at radius 1 is 1.16 bits per heavy atom. The molecule has 1 fully saturated rings. The number of anilines is 1. The topological polar surface area (TPSA) is 88.1 Å². The molecule has 192 valence electrons. The molecule has 0 saturated carbocycles. The van der Waals surface area contributed by atoms with Crippen molar-refractivity contribution in [2.24, 2.45) is 0 Å². The van der Waals surface area contributed by atoms with Crippen molar-refractivity contribution in [3.63, 3.8) is 0 Å². The number of halogens is 2. The van der Waals surface area contributed by atoms with Crippen molar-refractivity contribution in [1.82, 2.24) is 24.8 Å². The second-order valence-corrected chi connectivity index (χ2v) is 10.6. The molecule has 2 aromatic carbocycles. The van der Waals surface area contributed by atoms with Crippen molar-refractivity contribution in [2.45, 2.75) is 38.6 Å². The number of fused-ring (bicyclic) bond motifs is 2. The summed E-state index contributed by atoms with van der Waals surface area (Å²) >= 11 is 12.9. The highest BCUT2D eigenvalue weighted by Gasteiger charge is 2.31. The molecule has 1 amide bonds. The number of hydrogen-bond donors (Lipinski definition) is 2. The highest BCUT2D eigenvalue weighted by atomic mass is 35.5. The van der Waals surface area contributed by atoms with Gasteiger partial charge in [0.05, 0.1) is 46.7 Å². The number of ether oxygens (including phenoxy) is 1. The summed E-state index contributed by atoms with van der Waals surface area (Å²) in [6.07, 6.45) is 2.03. The second kappa shape index (κ2) is 9.67. The van der Waals surface area contributed by atoms with Gasteiger partial charge in [0.15, 0.2) is 0 Å². The zero-order valence-electron chi connectivity index (χ0n) is 20.7. The van der Waals surface area contributed by atoms with E-state index in [1.165, 1.54) is 5.69 Å². The Morgan fingerprint density at radius 2 is 1.97 bits per heavy atom. The van der Waals surface area contributed by atoms with Gasteiger partial charge in [-0.2, -0.15) is 0 Å². The molecule has 3 heterocycles. The van der Waals surface area contributed by atoms with Gasteiger partial charge in [-0.05, 0) is 56.2 Å². The van der Waals surface area contributed by atoms with Crippen LogP contribution in [-0.2, 0) is 11.2 Å². The fourth-order valence-electron chi connectivity index (χ4n) is 5.19. The number of aromatic amines is 1. The smallest absolute Gasteiger partial charge is 0.251 e. The lowest BCUT2D eigenvalue weighted by molar-refractivity contribution is 0.0938. The maximum Gasteiger partial charge on any atom is 0.251 e. The van der Waals surface area contributed by atoms with E-state index in [9.17, 15) is 4.79 Å². The van der Waals surface area contributed by atoms with Crippen LogP contribution in [0.4, 0.5) is 5.95 Å². The number of nitrogens with one attached hydrogen (secondary N) is 2. The normalized spacial score (nSPS) is 18.3. The number of carbonyl (C=O) groups excluding carboxylic acids is 1. The van der Waals surface area contributed by atoms with Crippen LogP contribution in [0.1, 0.15) is 59.8 Å². The molecule has 2 aromatic heterocycles. The molecule has 37 heavy (non-hydrogen) atoms. The molecular weight excluding hydrogens is 511 g/mol. The predicted molar refractivity (Wildman–Crippen MR) is 145 cm³/mol. The molecule has 2 atom stereocenters. The zero-order valence-corrected chi connectivity index (χ0v) is 22.2. The molecule has 4 aromatic rings. The molecule has 2 aliphatic rings. The van der Waals surface area contributed by atoms with Gasteiger partial charge >= 0.3 is 0 Å². The summed E-state index contributed by atoms with van der Waals surface area (Å²) in [5.74, 6) is 1.75. The van der Waals surface area contributed by atoms with Gasteiger partial charge in [0.25, 0.3) is 5.91 Å². The van der Waals surface area contributed by atoms with Crippen LogP contribution < -0.4 is 10.2 Å². The van der Waals surface area contributed by atoms with Crippen LogP contribution in [-0.4, -0.2) is 51.7 Å². The Kier molecular flexibility index (Phi) is 6.34. The van der Waals surface area contributed by atoms with E-state index in [1.807, 2.05) is 25.1 Å². The summed E-state index contributed by atoms with van der Waals surface area (Å²) in [6, 6.07) is 10.6. The summed E-state index contributed by atoms with van der Waals surface area (Å²) in [5, 5.41) is 4.14. The lowest BCUT2D eigenvalue weighted by Crippen LogP contribution is -2.38. The molecule has 1 saturated heterocycles. The number of rotatable bonds is 5. The maximum absolute atomic E-state index is 13.1. The molecule has 0 spiro atoms. The second-order valence-electron chi connectivity index (χ2n) is 9.76. The molecular formula is C27H28Cl2N6O2. The summed E-state index contributed by atoms with van der Waals surface area (Å²) < 4.78 is 7.73. The van der Waals surface area contributed by atoms with Crippen LogP contribution in [0.3, 0.4) is 0 Å². The highest BCUT2D eigenvalue weighted by molar-refractivity contribution is 6.33. The van der Waals surface area contributed by atoms with Crippen molar-refractivity contribution < 1.29 is 9.53 Å². The average molecular weight is 539 g/mol. The van der Waals surface area contributed by atoms with E-state index in [1.54, 1.807) is 18.2 Å². The van der Waals surface area contributed by atoms with Crippen molar-refractivity contribution in [1.29, 1.82) is 0 Å². The van der Waals surface area contributed by atoms with E-state index >= 15 is 0 Å². The number of carbonyl (C=O) groups is 1. The number of hydrogen-bond acceptors (Lipinski definition) is 5. The number of morpholine rings is 1. The van der Waals surface area contributed by atoms with Crippen molar-refractivity contribution >= 4 is 46.1 Å². The molecule has 6 rings (SSSR count). The van der Waals surface area contributed by atoms with E-state index in [0.717, 1.165) is 54.3 Å². The first-order chi connectivity index (χ1) is 17.9. The molecule has 2 N–H and O–H groups in total. The number of H-pyrrole nitrogens is 1. The lowest BCUT2D eigenvalue weighted by Gasteiger charge is -2.29. The number of imidazole rings is 2. The number of aromatic nitrogens is 4. The minimum absolute atomic E-state index is 0.225. The molecule has 8 nitrogen and oxygen atoms in total.